The van der Waals surface area contributed by atoms with Gasteiger partial charge in [-0.15, -0.1) is 0 Å². The standard InChI is InChI=1S/C32H36FN9O3/c1-7-22(44)41-14-21-32(45)40(6)29-24(30(36)42(21)13-17(41)4)31(38-26-16(3)10-11-37-27(26)18(5)43)39-28(25(29)33)23-15(2)8-9-20(35)19(23)12-34/h7-12,17-18,21,34,36,43H,1,13-14,35H2,2-6H3,(H,38,39). The van der Waals surface area contributed by atoms with Gasteiger partial charge in [0.25, 0.3) is 5.91 Å². The van der Waals surface area contributed by atoms with Gasteiger partial charge in [-0.05, 0) is 57.0 Å². The number of hydrogen-bond donors (Lipinski definition) is 5. The van der Waals surface area contributed by atoms with Crippen LogP contribution in [0.15, 0.2) is 37.1 Å². The van der Waals surface area contributed by atoms with Crippen molar-refractivity contribution in [2.75, 3.05) is 36.1 Å². The number of nitrogens with two attached hydrogens (primary N) is 1. The number of carbonyl (C=O) groups excluding carboxylic acids is 2. The van der Waals surface area contributed by atoms with Crippen molar-refractivity contribution in [2.24, 2.45) is 0 Å². The number of amides is 2. The number of anilines is 4. The predicted molar refractivity (Wildman–Crippen MR) is 172 cm³/mol. The summed E-state index contributed by atoms with van der Waals surface area (Å²) in [4.78, 5) is 40.0. The van der Waals surface area contributed by atoms with Crippen molar-refractivity contribution >= 4 is 46.7 Å². The Labute approximate surface area is 260 Å². The molecule has 0 aliphatic carbocycles. The molecule has 45 heavy (non-hydrogen) atoms. The molecule has 0 bridgehead atoms. The Kier molecular flexibility index (Phi) is 8.15. The SMILES string of the molecule is C=CC(=O)N1CC2C(=O)N(C)c3c(F)c(-c4c(C)ccc(N)c4C=N)nc(Nc4c(C)ccnc4C(C)O)c3C(=N)N2CC1C. The van der Waals surface area contributed by atoms with Crippen molar-refractivity contribution in [1.29, 1.82) is 10.8 Å². The van der Waals surface area contributed by atoms with E-state index in [2.05, 4.69) is 16.9 Å². The number of pyridine rings is 2. The molecule has 3 unspecified atom stereocenters. The van der Waals surface area contributed by atoms with Crippen LogP contribution in [0.4, 0.5) is 27.3 Å². The highest BCUT2D eigenvalue weighted by Crippen LogP contribution is 2.43. The first-order valence-corrected chi connectivity index (χ1v) is 14.4. The second kappa shape index (κ2) is 11.7. The number of halogens is 1. The number of nitrogens with zero attached hydrogens (tertiary/aromatic N) is 5. The number of piperazine rings is 1. The van der Waals surface area contributed by atoms with Crippen LogP contribution in [0.1, 0.15) is 47.9 Å². The number of nitrogen functional groups attached to an aromatic ring is 1. The molecule has 1 aromatic carbocycles. The summed E-state index contributed by atoms with van der Waals surface area (Å²) in [5, 5.41) is 31.2. The Bertz CT molecular complexity index is 1770. The van der Waals surface area contributed by atoms with Crippen LogP contribution >= 0.6 is 0 Å². The number of aliphatic hydroxyl groups excluding tert-OH is 1. The van der Waals surface area contributed by atoms with E-state index in [0.717, 1.165) is 11.1 Å². The van der Waals surface area contributed by atoms with Gasteiger partial charge in [0.2, 0.25) is 5.91 Å². The molecule has 6 N–H and O–H groups in total. The molecule has 2 amide bonds. The Balaban J connectivity index is 1.83. The second-order valence-electron chi connectivity index (χ2n) is 11.4. The van der Waals surface area contributed by atoms with E-state index in [1.165, 1.54) is 18.0 Å². The van der Waals surface area contributed by atoms with Crippen molar-refractivity contribution in [3.05, 3.63) is 70.8 Å². The summed E-state index contributed by atoms with van der Waals surface area (Å²) in [6.45, 7) is 10.6. The lowest BCUT2D eigenvalue weighted by molar-refractivity contribution is -0.134. The van der Waals surface area contributed by atoms with Gasteiger partial charge in [0.1, 0.15) is 23.4 Å². The van der Waals surface area contributed by atoms with Crippen LogP contribution in [0.2, 0.25) is 0 Å². The average Bonchev–Trinajstić information content (AvgIpc) is 3.08. The quantitative estimate of drug-likeness (QED) is 0.159. The molecule has 13 heteroatoms. The van der Waals surface area contributed by atoms with Gasteiger partial charge in [0.05, 0.1) is 35.3 Å². The molecule has 12 nitrogen and oxygen atoms in total. The van der Waals surface area contributed by atoms with Crippen LogP contribution in [0.5, 0.6) is 0 Å². The molecular formula is C32H36FN9O3. The molecule has 0 spiro atoms. The first-order chi connectivity index (χ1) is 21.3. The van der Waals surface area contributed by atoms with Crippen LogP contribution in [0.25, 0.3) is 11.3 Å². The summed E-state index contributed by atoms with van der Waals surface area (Å²) in [6.07, 6.45) is 2.79. The molecule has 4 heterocycles. The number of carbonyl (C=O) groups is 2. The van der Waals surface area contributed by atoms with Gasteiger partial charge >= 0.3 is 0 Å². The maximum Gasteiger partial charge on any atom is 0.251 e. The van der Waals surface area contributed by atoms with E-state index in [-0.39, 0.29) is 70.5 Å². The summed E-state index contributed by atoms with van der Waals surface area (Å²) in [7, 11) is 1.42. The molecule has 5 rings (SSSR count). The minimum atomic E-state index is -0.981. The van der Waals surface area contributed by atoms with Crippen molar-refractivity contribution < 1.29 is 19.1 Å². The highest BCUT2D eigenvalue weighted by Gasteiger charge is 2.45. The summed E-state index contributed by atoms with van der Waals surface area (Å²) in [5.41, 5.74) is 8.61. The van der Waals surface area contributed by atoms with Gasteiger partial charge < -0.3 is 36.3 Å². The zero-order valence-corrected chi connectivity index (χ0v) is 25.8. The van der Waals surface area contributed by atoms with Gasteiger partial charge in [-0.1, -0.05) is 12.6 Å². The molecule has 3 atom stereocenters. The molecule has 0 saturated carbocycles. The van der Waals surface area contributed by atoms with Crippen LogP contribution in [-0.2, 0) is 9.59 Å². The van der Waals surface area contributed by atoms with E-state index in [1.807, 2.05) is 6.92 Å². The number of rotatable bonds is 6. The average molecular weight is 614 g/mol. The maximum absolute atomic E-state index is 17.0. The van der Waals surface area contributed by atoms with Crippen LogP contribution in [-0.4, -0.2) is 81.0 Å². The smallest absolute Gasteiger partial charge is 0.251 e. The van der Waals surface area contributed by atoms with E-state index < -0.39 is 23.9 Å². The van der Waals surface area contributed by atoms with Crippen molar-refractivity contribution in [2.45, 2.75) is 45.9 Å². The molecule has 2 aliphatic rings. The molecule has 1 saturated heterocycles. The number of benzene rings is 1. The predicted octanol–water partition coefficient (Wildman–Crippen LogP) is 3.67. The van der Waals surface area contributed by atoms with E-state index >= 15 is 4.39 Å². The minimum Gasteiger partial charge on any atom is -0.398 e. The maximum atomic E-state index is 17.0. The molecule has 1 fully saturated rings. The summed E-state index contributed by atoms with van der Waals surface area (Å²) >= 11 is 0. The third-order valence-electron chi connectivity index (χ3n) is 8.48. The summed E-state index contributed by atoms with van der Waals surface area (Å²) < 4.78 is 17.0. The topological polar surface area (TPSA) is 176 Å². The van der Waals surface area contributed by atoms with E-state index in [1.54, 1.807) is 50.1 Å². The minimum absolute atomic E-state index is 0.0167. The Morgan fingerprint density at radius 2 is 1.96 bits per heavy atom. The fourth-order valence-corrected chi connectivity index (χ4v) is 6.07. The molecule has 2 aromatic heterocycles. The largest absolute Gasteiger partial charge is 0.398 e. The van der Waals surface area contributed by atoms with Gasteiger partial charge in [-0.2, -0.15) is 0 Å². The van der Waals surface area contributed by atoms with E-state index in [9.17, 15) is 20.1 Å². The molecule has 3 aromatic rings. The Morgan fingerprint density at radius 1 is 1.24 bits per heavy atom. The van der Waals surface area contributed by atoms with E-state index in [0.29, 0.717) is 22.5 Å². The first-order valence-electron chi connectivity index (χ1n) is 14.4. The van der Waals surface area contributed by atoms with Crippen LogP contribution in [0.3, 0.4) is 0 Å². The number of amidine groups is 1. The fraction of sp³-hybridized carbons (Fsp3) is 0.312. The second-order valence-corrected chi connectivity index (χ2v) is 11.4. The van der Waals surface area contributed by atoms with Gasteiger partial charge in [-0.25, -0.2) is 9.37 Å². The van der Waals surface area contributed by atoms with Gasteiger partial charge in [0, 0.05) is 48.9 Å². The first kappa shape index (κ1) is 31.3. The fourth-order valence-electron chi connectivity index (χ4n) is 6.07. The third-order valence-corrected chi connectivity index (χ3v) is 8.48. The number of nitrogens with one attached hydrogen (secondary N) is 3. The lowest BCUT2D eigenvalue weighted by Gasteiger charge is -2.44. The number of likely N-dealkylation sites (N-methyl/N-ethyl adjacent to an activating group) is 1. The van der Waals surface area contributed by atoms with Crippen LogP contribution < -0.4 is 16.0 Å². The number of hydrogen-bond acceptors (Lipinski definition) is 9. The number of fused-ring (bicyclic) bond motifs is 2. The normalized spacial score (nSPS) is 18.6. The Morgan fingerprint density at radius 3 is 2.60 bits per heavy atom. The number of aryl methyl sites for hydroxylation is 2. The molecule has 2 aliphatic heterocycles. The summed E-state index contributed by atoms with van der Waals surface area (Å²) in [5.74, 6) is -1.87. The highest BCUT2D eigenvalue weighted by atomic mass is 19.1. The lowest BCUT2D eigenvalue weighted by atomic mass is 9.95. The van der Waals surface area contributed by atoms with Crippen LogP contribution in [0, 0.1) is 30.5 Å². The zero-order valence-electron chi connectivity index (χ0n) is 25.8. The number of aromatic nitrogens is 2. The molecule has 0 radical (unpaired) electrons. The van der Waals surface area contributed by atoms with Crippen molar-refractivity contribution in [3.8, 4) is 11.3 Å². The van der Waals surface area contributed by atoms with E-state index in [4.69, 9.17) is 16.1 Å². The zero-order chi connectivity index (χ0) is 32.9. The van der Waals surface area contributed by atoms with Gasteiger partial charge in [0.15, 0.2) is 5.82 Å². The summed E-state index contributed by atoms with van der Waals surface area (Å²) in [6, 6.07) is 3.69. The van der Waals surface area contributed by atoms with Crippen molar-refractivity contribution in [3.63, 3.8) is 0 Å². The molecular weight excluding hydrogens is 577 g/mol. The number of aliphatic hydroxyl groups is 1. The third kappa shape index (κ3) is 5.08. The highest BCUT2D eigenvalue weighted by molar-refractivity contribution is 6.15. The van der Waals surface area contributed by atoms with Crippen molar-refractivity contribution in [1.82, 2.24) is 19.8 Å². The lowest BCUT2D eigenvalue weighted by Crippen LogP contribution is -2.63. The van der Waals surface area contributed by atoms with Gasteiger partial charge in [-0.3, -0.25) is 20.0 Å². The molecule has 234 valence electrons. The monoisotopic (exact) mass is 613 g/mol. The Hall–Kier alpha value is -5.17.